The largest absolute Gasteiger partial charge is 0.443 e. The average Bonchev–Trinajstić information content (AvgIpc) is 3.05. The van der Waals surface area contributed by atoms with Crippen molar-refractivity contribution >= 4 is 75.4 Å². The number of aromatic nitrogens is 1. The lowest BCUT2D eigenvalue weighted by Gasteiger charge is -2.29. The van der Waals surface area contributed by atoms with Gasteiger partial charge in [-0.3, -0.25) is 24.3 Å². The number of halogens is 2. The number of nitrogens with one attached hydrogen (secondary N) is 2. The van der Waals surface area contributed by atoms with Crippen LogP contribution < -0.4 is 20.4 Å². The molecule has 0 atom stereocenters. The SMILES string of the molecule is CNC(=O)c1ccc(C=CC(=O)NCC(=O)N(C)c2ccc(Cl)c(CN(C(=O)OC(C)(C)C)c3cccc4ccc(C)nc34)c2Cl)cc1. The first-order chi connectivity index (χ1) is 22.7. The van der Waals surface area contributed by atoms with Crippen molar-refractivity contribution in [2.24, 2.45) is 0 Å². The highest BCUT2D eigenvalue weighted by Crippen LogP contribution is 2.37. The van der Waals surface area contributed by atoms with E-state index in [-0.39, 0.29) is 29.0 Å². The van der Waals surface area contributed by atoms with Crippen LogP contribution in [0, 0.1) is 6.92 Å². The van der Waals surface area contributed by atoms with E-state index in [9.17, 15) is 19.2 Å². The minimum atomic E-state index is -0.789. The van der Waals surface area contributed by atoms with Crippen molar-refractivity contribution in [2.75, 3.05) is 30.4 Å². The van der Waals surface area contributed by atoms with Crippen LogP contribution in [0.15, 0.2) is 72.8 Å². The van der Waals surface area contributed by atoms with Crippen molar-refractivity contribution in [3.63, 3.8) is 0 Å². The van der Waals surface area contributed by atoms with Gasteiger partial charge in [0.25, 0.3) is 5.91 Å². The topological polar surface area (TPSA) is 121 Å². The second-order valence-electron chi connectivity index (χ2n) is 11.9. The number of hydrogen-bond acceptors (Lipinski definition) is 6. The number of nitrogens with zero attached hydrogens (tertiary/aromatic N) is 3. The van der Waals surface area contributed by atoms with E-state index in [0.717, 1.165) is 11.1 Å². The number of anilines is 2. The monoisotopic (exact) mass is 689 g/mol. The first-order valence-electron chi connectivity index (χ1n) is 15.1. The Bertz CT molecular complexity index is 1890. The molecule has 0 saturated carbocycles. The maximum Gasteiger partial charge on any atom is 0.415 e. The Kier molecular flexibility index (Phi) is 11.5. The van der Waals surface area contributed by atoms with Crippen LogP contribution in [-0.2, 0) is 20.9 Å². The van der Waals surface area contributed by atoms with E-state index in [0.29, 0.717) is 33.6 Å². The van der Waals surface area contributed by atoms with Gasteiger partial charge in [-0.2, -0.15) is 0 Å². The highest BCUT2D eigenvalue weighted by molar-refractivity contribution is 6.38. The standard InChI is InChI=1S/C36H37Cl2N5O5/c1-22-10-14-24-8-7-9-29(33(24)41-22)43(35(47)48-36(2,3)4)21-26-27(37)17-18-28(32(26)38)42(6)31(45)20-40-30(44)19-13-23-11-15-25(16-12-23)34(46)39-5/h7-19H,20-21H2,1-6H3,(H,39,46)(H,40,44). The molecule has 0 fully saturated rings. The molecule has 4 aromatic rings. The van der Waals surface area contributed by atoms with Crippen molar-refractivity contribution in [3.05, 3.63) is 105 Å². The molecular weight excluding hydrogens is 653 g/mol. The van der Waals surface area contributed by atoms with Gasteiger partial charge in [0.2, 0.25) is 11.8 Å². The Balaban J connectivity index is 1.54. The summed E-state index contributed by atoms with van der Waals surface area (Å²) < 4.78 is 5.77. The Hall–Kier alpha value is -4.93. The summed E-state index contributed by atoms with van der Waals surface area (Å²) in [6.45, 7) is 6.80. The molecule has 4 amide bonds. The zero-order valence-electron chi connectivity index (χ0n) is 27.6. The summed E-state index contributed by atoms with van der Waals surface area (Å²) in [5.74, 6) is -1.14. The van der Waals surface area contributed by atoms with Crippen LogP contribution in [0.25, 0.3) is 17.0 Å². The van der Waals surface area contributed by atoms with Gasteiger partial charge < -0.3 is 20.3 Å². The van der Waals surface area contributed by atoms with Crippen LogP contribution >= 0.6 is 23.2 Å². The van der Waals surface area contributed by atoms with E-state index in [1.807, 2.05) is 31.2 Å². The fourth-order valence-electron chi connectivity index (χ4n) is 4.70. The van der Waals surface area contributed by atoms with E-state index in [4.69, 9.17) is 27.9 Å². The molecule has 0 aliphatic rings. The number of hydrogen-bond donors (Lipinski definition) is 2. The lowest BCUT2D eigenvalue weighted by atomic mass is 10.1. The summed E-state index contributed by atoms with van der Waals surface area (Å²) in [4.78, 5) is 58.4. The van der Waals surface area contributed by atoms with Crippen LogP contribution in [0.5, 0.6) is 0 Å². The molecular formula is C36H37Cl2N5O5. The number of para-hydroxylation sites is 1. The van der Waals surface area contributed by atoms with Crippen molar-refractivity contribution < 1.29 is 23.9 Å². The van der Waals surface area contributed by atoms with Gasteiger partial charge in [-0.25, -0.2) is 4.79 Å². The first kappa shape index (κ1) is 35.9. The van der Waals surface area contributed by atoms with Gasteiger partial charge in [-0.15, -0.1) is 0 Å². The predicted octanol–water partition coefficient (Wildman–Crippen LogP) is 6.94. The zero-order chi connectivity index (χ0) is 35.2. The molecule has 4 rings (SSSR count). The molecule has 0 radical (unpaired) electrons. The number of ether oxygens (including phenoxy) is 1. The van der Waals surface area contributed by atoms with Crippen LogP contribution in [0.3, 0.4) is 0 Å². The quantitative estimate of drug-likeness (QED) is 0.184. The Morgan fingerprint density at radius 3 is 2.31 bits per heavy atom. The van der Waals surface area contributed by atoms with Crippen molar-refractivity contribution in [3.8, 4) is 0 Å². The fraction of sp³-hybridized carbons (Fsp3) is 0.250. The smallest absolute Gasteiger partial charge is 0.415 e. The predicted molar refractivity (Wildman–Crippen MR) is 191 cm³/mol. The highest BCUT2D eigenvalue weighted by atomic mass is 35.5. The van der Waals surface area contributed by atoms with E-state index >= 15 is 0 Å². The lowest BCUT2D eigenvalue weighted by Crippen LogP contribution is -2.38. The van der Waals surface area contributed by atoms with Gasteiger partial charge in [0.1, 0.15) is 5.60 Å². The molecule has 10 nitrogen and oxygen atoms in total. The van der Waals surface area contributed by atoms with Gasteiger partial charge in [-0.1, -0.05) is 53.5 Å². The Labute approximate surface area is 289 Å². The maximum atomic E-state index is 13.7. The van der Waals surface area contributed by atoms with E-state index in [1.54, 1.807) is 76.4 Å². The summed E-state index contributed by atoms with van der Waals surface area (Å²) >= 11 is 13.5. The molecule has 250 valence electrons. The first-order valence-corrected chi connectivity index (χ1v) is 15.8. The molecule has 0 unspecified atom stereocenters. The third-order valence-electron chi connectivity index (χ3n) is 7.20. The second-order valence-corrected chi connectivity index (χ2v) is 12.7. The number of carbonyl (C=O) groups is 4. The number of carbonyl (C=O) groups excluding carboxylic acids is 4. The number of aryl methyl sites for hydroxylation is 1. The van der Waals surface area contributed by atoms with Gasteiger partial charge in [0.05, 0.1) is 35.0 Å². The van der Waals surface area contributed by atoms with Crippen molar-refractivity contribution in [1.29, 1.82) is 0 Å². The van der Waals surface area contributed by atoms with Gasteiger partial charge >= 0.3 is 6.09 Å². The molecule has 2 N–H and O–H groups in total. The minimum Gasteiger partial charge on any atom is -0.443 e. The van der Waals surface area contributed by atoms with Gasteiger partial charge in [-0.05, 0) is 75.7 Å². The second kappa shape index (κ2) is 15.3. The highest BCUT2D eigenvalue weighted by Gasteiger charge is 2.28. The summed E-state index contributed by atoms with van der Waals surface area (Å²) in [7, 11) is 3.07. The zero-order valence-corrected chi connectivity index (χ0v) is 29.1. The Morgan fingerprint density at radius 1 is 0.938 bits per heavy atom. The molecule has 3 aromatic carbocycles. The molecule has 48 heavy (non-hydrogen) atoms. The summed E-state index contributed by atoms with van der Waals surface area (Å²) in [6, 6.07) is 19.2. The van der Waals surface area contributed by atoms with Gasteiger partial charge in [0, 0.05) is 47.4 Å². The molecule has 0 bridgehead atoms. The van der Waals surface area contributed by atoms with Crippen LogP contribution in [-0.4, -0.2) is 55.0 Å². The van der Waals surface area contributed by atoms with Crippen molar-refractivity contribution in [2.45, 2.75) is 39.8 Å². The summed E-state index contributed by atoms with van der Waals surface area (Å²) in [5.41, 5.74) is 3.01. The normalized spacial score (nSPS) is 11.3. The number of benzene rings is 3. The molecule has 0 aliphatic heterocycles. The summed E-state index contributed by atoms with van der Waals surface area (Å²) in [5, 5.41) is 6.39. The maximum absolute atomic E-state index is 13.7. The third kappa shape index (κ3) is 8.90. The number of fused-ring (bicyclic) bond motifs is 1. The number of rotatable bonds is 9. The fourth-order valence-corrected chi connectivity index (χ4v) is 5.31. The number of likely N-dealkylation sites (N-methyl/N-ethyl adjacent to an activating group) is 1. The van der Waals surface area contributed by atoms with Crippen LogP contribution in [0.2, 0.25) is 10.0 Å². The minimum absolute atomic E-state index is 0.0805. The van der Waals surface area contributed by atoms with Crippen LogP contribution in [0.1, 0.15) is 48.0 Å². The molecule has 0 aliphatic carbocycles. The third-order valence-corrected chi connectivity index (χ3v) is 7.98. The molecule has 12 heteroatoms. The lowest BCUT2D eigenvalue weighted by molar-refractivity contribution is -0.122. The molecule has 0 saturated heterocycles. The Morgan fingerprint density at radius 2 is 1.65 bits per heavy atom. The van der Waals surface area contributed by atoms with Crippen LogP contribution in [0.4, 0.5) is 16.2 Å². The summed E-state index contributed by atoms with van der Waals surface area (Å²) in [6.07, 6.45) is 2.24. The number of pyridine rings is 1. The average molecular weight is 691 g/mol. The van der Waals surface area contributed by atoms with Gasteiger partial charge in [0.15, 0.2) is 0 Å². The van der Waals surface area contributed by atoms with E-state index < -0.39 is 23.5 Å². The molecule has 0 spiro atoms. The van der Waals surface area contributed by atoms with E-state index in [1.165, 1.54) is 22.9 Å². The van der Waals surface area contributed by atoms with E-state index in [2.05, 4.69) is 15.6 Å². The number of amides is 4. The van der Waals surface area contributed by atoms with Crippen molar-refractivity contribution in [1.82, 2.24) is 15.6 Å². The molecule has 1 aromatic heterocycles. The molecule has 1 heterocycles.